The van der Waals surface area contributed by atoms with Crippen molar-refractivity contribution in [2.24, 2.45) is 0 Å². The van der Waals surface area contributed by atoms with Crippen LogP contribution in [-0.2, 0) is 9.84 Å². The minimum Gasteiger partial charge on any atom is -0.440 e. The lowest BCUT2D eigenvalue weighted by Gasteiger charge is -2.08. The van der Waals surface area contributed by atoms with Crippen LogP contribution in [0.5, 0.6) is 0 Å². The molecular formula is C22H17N3O4S. The number of sulfone groups is 1. The SMILES string of the molecule is Cc1nc2ccccc2c2c(NC(=O)c3ccc(S(C)(=O)=O)o3)c3ccccc3n12. The van der Waals surface area contributed by atoms with Crippen molar-refractivity contribution in [3.63, 3.8) is 0 Å². The molecule has 0 atom stereocenters. The number of aryl methyl sites for hydroxylation is 1. The fourth-order valence-electron chi connectivity index (χ4n) is 3.77. The Labute approximate surface area is 171 Å². The zero-order chi connectivity index (χ0) is 21.0. The molecule has 0 aliphatic heterocycles. The number of nitrogens with one attached hydrogen (secondary N) is 1. The van der Waals surface area contributed by atoms with Crippen molar-refractivity contribution in [2.45, 2.75) is 12.0 Å². The van der Waals surface area contributed by atoms with Crippen molar-refractivity contribution in [3.8, 4) is 0 Å². The van der Waals surface area contributed by atoms with Gasteiger partial charge in [0.25, 0.3) is 5.91 Å². The molecule has 0 aliphatic rings. The number of amides is 1. The minimum atomic E-state index is -3.54. The second-order valence-electron chi connectivity index (χ2n) is 7.10. The van der Waals surface area contributed by atoms with E-state index in [2.05, 4.69) is 5.32 Å². The Hall–Kier alpha value is -3.65. The normalized spacial score (nSPS) is 12.1. The highest BCUT2D eigenvalue weighted by Gasteiger charge is 2.22. The maximum Gasteiger partial charge on any atom is 0.291 e. The summed E-state index contributed by atoms with van der Waals surface area (Å²) in [5, 5.41) is 4.43. The Balaban J connectivity index is 1.75. The number of nitrogens with zero attached hydrogens (tertiary/aromatic N) is 2. The van der Waals surface area contributed by atoms with Crippen LogP contribution in [-0.4, -0.2) is 30.0 Å². The number of hydrogen-bond donors (Lipinski definition) is 1. The highest BCUT2D eigenvalue weighted by Crippen LogP contribution is 2.36. The summed E-state index contributed by atoms with van der Waals surface area (Å²) in [6, 6.07) is 18.1. The van der Waals surface area contributed by atoms with Gasteiger partial charge in [0.1, 0.15) is 5.82 Å². The van der Waals surface area contributed by atoms with Gasteiger partial charge >= 0.3 is 0 Å². The molecule has 0 bridgehead atoms. The maximum absolute atomic E-state index is 12.9. The van der Waals surface area contributed by atoms with Gasteiger partial charge in [-0.15, -0.1) is 0 Å². The third kappa shape index (κ3) is 2.76. The second-order valence-corrected chi connectivity index (χ2v) is 9.04. The van der Waals surface area contributed by atoms with Crippen LogP contribution in [0.3, 0.4) is 0 Å². The molecule has 5 aromatic rings. The maximum atomic E-state index is 12.9. The van der Waals surface area contributed by atoms with Gasteiger partial charge in [-0.25, -0.2) is 13.4 Å². The van der Waals surface area contributed by atoms with Crippen LogP contribution in [0.2, 0.25) is 0 Å². The zero-order valence-electron chi connectivity index (χ0n) is 16.2. The molecule has 2 aromatic carbocycles. The average Bonchev–Trinajstić information content (AvgIpc) is 3.33. The molecule has 150 valence electrons. The van der Waals surface area contributed by atoms with Crippen molar-refractivity contribution < 1.29 is 17.6 Å². The van der Waals surface area contributed by atoms with Crippen molar-refractivity contribution in [2.75, 3.05) is 11.6 Å². The van der Waals surface area contributed by atoms with Gasteiger partial charge in [-0.1, -0.05) is 36.4 Å². The number of carbonyl (C=O) groups is 1. The van der Waals surface area contributed by atoms with E-state index in [1.54, 1.807) is 0 Å². The molecule has 5 rings (SSSR count). The van der Waals surface area contributed by atoms with E-state index in [9.17, 15) is 13.2 Å². The topological polar surface area (TPSA) is 93.7 Å². The third-order valence-corrected chi connectivity index (χ3v) is 6.00. The van der Waals surface area contributed by atoms with E-state index in [1.807, 2.05) is 59.9 Å². The van der Waals surface area contributed by atoms with Crippen LogP contribution < -0.4 is 5.32 Å². The van der Waals surface area contributed by atoms with E-state index < -0.39 is 15.7 Å². The smallest absolute Gasteiger partial charge is 0.291 e. The van der Waals surface area contributed by atoms with Crippen LogP contribution in [0.4, 0.5) is 5.69 Å². The van der Waals surface area contributed by atoms with Crippen LogP contribution in [0, 0.1) is 6.92 Å². The molecule has 1 amide bonds. The molecule has 1 N–H and O–H groups in total. The summed E-state index contributed by atoms with van der Waals surface area (Å²) in [6.07, 6.45) is 1.03. The number of furan rings is 1. The van der Waals surface area contributed by atoms with Gasteiger partial charge in [-0.05, 0) is 31.2 Å². The minimum absolute atomic E-state index is 0.0751. The van der Waals surface area contributed by atoms with E-state index >= 15 is 0 Å². The van der Waals surface area contributed by atoms with Crippen LogP contribution in [0.15, 0.2) is 70.2 Å². The molecule has 0 saturated heterocycles. The van der Waals surface area contributed by atoms with Crippen molar-refractivity contribution in [3.05, 3.63) is 72.2 Å². The number of benzene rings is 2. The highest BCUT2D eigenvalue weighted by molar-refractivity contribution is 7.90. The Morgan fingerprint density at radius 2 is 1.70 bits per heavy atom. The Morgan fingerprint density at radius 1 is 1.00 bits per heavy atom. The first-order valence-corrected chi connectivity index (χ1v) is 11.1. The molecule has 0 saturated carbocycles. The predicted molar refractivity (Wildman–Crippen MR) is 115 cm³/mol. The highest BCUT2D eigenvalue weighted by atomic mass is 32.2. The molecule has 0 unspecified atom stereocenters. The summed E-state index contributed by atoms with van der Waals surface area (Å²) in [6.45, 7) is 1.92. The lowest BCUT2D eigenvalue weighted by Crippen LogP contribution is -2.11. The monoisotopic (exact) mass is 419 g/mol. The standard InChI is InChI=1S/C22H17N3O4S/c1-13-23-16-9-5-3-7-14(16)21-20(15-8-4-6-10-17(15)25(13)21)24-22(26)18-11-12-19(29-18)30(2,27)28/h3-12H,1-2H3,(H,24,26). The molecule has 0 fully saturated rings. The lowest BCUT2D eigenvalue weighted by molar-refractivity contribution is 0.0992. The molecule has 0 spiro atoms. The molecule has 3 heterocycles. The largest absolute Gasteiger partial charge is 0.440 e. The molecule has 8 heteroatoms. The van der Waals surface area contributed by atoms with Gasteiger partial charge in [-0.2, -0.15) is 0 Å². The quantitative estimate of drug-likeness (QED) is 0.473. The first-order chi connectivity index (χ1) is 14.3. The second kappa shape index (κ2) is 6.43. The fourth-order valence-corrected chi connectivity index (χ4v) is 4.33. The fraction of sp³-hybridized carbons (Fsp3) is 0.0909. The van der Waals surface area contributed by atoms with Gasteiger partial charge in [0.15, 0.2) is 5.76 Å². The van der Waals surface area contributed by atoms with Gasteiger partial charge in [-0.3, -0.25) is 9.20 Å². The van der Waals surface area contributed by atoms with E-state index in [4.69, 9.17) is 9.40 Å². The Bertz CT molecular complexity index is 1580. The van der Waals surface area contributed by atoms with Crippen LogP contribution in [0.1, 0.15) is 16.4 Å². The molecule has 3 aromatic heterocycles. The first kappa shape index (κ1) is 18.4. The summed E-state index contributed by atoms with van der Waals surface area (Å²) in [7, 11) is -3.54. The number of anilines is 1. The summed E-state index contributed by atoms with van der Waals surface area (Å²) in [5.74, 6) is 0.188. The number of rotatable bonds is 3. The number of aromatic nitrogens is 2. The molecule has 30 heavy (non-hydrogen) atoms. The van der Waals surface area contributed by atoms with Crippen LogP contribution in [0.25, 0.3) is 27.3 Å². The molecule has 7 nitrogen and oxygen atoms in total. The van der Waals surface area contributed by atoms with E-state index in [1.165, 1.54) is 12.1 Å². The Morgan fingerprint density at radius 3 is 2.43 bits per heavy atom. The number of carbonyl (C=O) groups excluding carboxylic acids is 1. The van der Waals surface area contributed by atoms with Gasteiger partial charge in [0, 0.05) is 17.0 Å². The summed E-state index contributed by atoms with van der Waals surface area (Å²) >= 11 is 0. The van der Waals surface area contributed by atoms with E-state index in [-0.39, 0.29) is 10.9 Å². The summed E-state index contributed by atoms with van der Waals surface area (Å²) in [4.78, 5) is 17.6. The lowest BCUT2D eigenvalue weighted by atomic mass is 10.1. The zero-order valence-corrected chi connectivity index (χ0v) is 17.0. The first-order valence-electron chi connectivity index (χ1n) is 9.24. The molecule has 0 radical (unpaired) electrons. The van der Waals surface area contributed by atoms with Crippen molar-refractivity contribution >= 4 is 48.8 Å². The summed E-state index contributed by atoms with van der Waals surface area (Å²) in [5.41, 5.74) is 3.17. The third-order valence-electron chi connectivity index (χ3n) is 5.05. The van der Waals surface area contributed by atoms with Crippen molar-refractivity contribution in [1.29, 1.82) is 0 Å². The predicted octanol–water partition coefficient (Wildman–Crippen LogP) is 4.20. The number of fused-ring (bicyclic) bond motifs is 5. The average molecular weight is 419 g/mol. The van der Waals surface area contributed by atoms with Crippen molar-refractivity contribution in [1.82, 2.24) is 9.38 Å². The van der Waals surface area contributed by atoms with E-state index in [0.29, 0.717) is 5.69 Å². The van der Waals surface area contributed by atoms with E-state index in [0.717, 1.165) is 39.4 Å². The van der Waals surface area contributed by atoms with Gasteiger partial charge in [0.2, 0.25) is 14.9 Å². The Kier molecular flexibility index (Phi) is 3.94. The van der Waals surface area contributed by atoms with Gasteiger partial charge < -0.3 is 9.73 Å². The number of hydrogen-bond acceptors (Lipinski definition) is 5. The summed E-state index contributed by atoms with van der Waals surface area (Å²) < 4.78 is 30.7. The number of para-hydroxylation sites is 2. The molecular weight excluding hydrogens is 402 g/mol. The molecule has 0 aliphatic carbocycles. The van der Waals surface area contributed by atoms with Gasteiger partial charge in [0.05, 0.1) is 22.2 Å². The van der Waals surface area contributed by atoms with Crippen LogP contribution >= 0.6 is 0 Å².